The molecule has 1 atom stereocenters. The monoisotopic (exact) mass is 342 g/mol. The van der Waals surface area contributed by atoms with E-state index in [0.29, 0.717) is 22.6 Å². The van der Waals surface area contributed by atoms with E-state index in [9.17, 15) is 9.59 Å². The Kier molecular flexibility index (Phi) is 4.58. The third-order valence-corrected chi connectivity index (χ3v) is 3.92. The summed E-state index contributed by atoms with van der Waals surface area (Å²) < 4.78 is 15.7. The number of carbonyl (C=O) groups excluding carboxylic acids is 2. The van der Waals surface area contributed by atoms with Crippen molar-refractivity contribution in [2.24, 2.45) is 0 Å². The Morgan fingerprint density at radius 2 is 1.80 bits per heavy atom. The fraction of sp³-hybridized carbons (Fsp3) is 0.222. The van der Waals surface area contributed by atoms with Crippen LogP contribution in [0.2, 0.25) is 0 Å². The molecule has 0 unspecified atom stereocenters. The smallest absolute Gasteiger partial charge is 0.344 e. The molecule has 7 nitrogen and oxygen atoms in total. The third-order valence-electron chi connectivity index (χ3n) is 3.92. The second-order valence-electron chi connectivity index (χ2n) is 5.52. The van der Waals surface area contributed by atoms with E-state index in [1.54, 1.807) is 24.3 Å². The number of aryl methyl sites for hydroxylation is 1. The average molecular weight is 342 g/mol. The van der Waals surface area contributed by atoms with Gasteiger partial charge in [0, 0.05) is 11.1 Å². The van der Waals surface area contributed by atoms with Gasteiger partial charge in [0.05, 0.1) is 14.2 Å². The normalized spacial score (nSPS) is 15.3. The third kappa shape index (κ3) is 3.14. The van der Waals surface area contributed by atoms with E-state index in [4.69, 9.17) is 14.2 Å². The van der Waals surface area contributed by atoms with Gasteiger partial charge in [-0.2, -0.15) is 5.43 Å². The van der Waals surface area contributed by atoms with Crippen molar-refractivity contribution in [3.8, 4) is 11.5 Å². The number of cyclic esters (lactones) is 1. The Bertz CT molecular complexity index is 817. The number of nitrogens with one attached hydrogen (secondary N) is 2. The maximum atomic E-state index is 12.2. The van der Waals surface area contributed by atoms with Crippen LogP contribution in [-0.2, 0) is 4.74 Å². The van der Waals surface area contributed by atoms with E-state index in [2.05, 4.69) is 10.9 Å². The van der Waals surface area contributed by atoms with Gasteiger partial charge in [0.15, 0.2) is 17.7 Å². The van der Waals surface area contributed by atoms with Crippen molar-refractivity contribution in [3.05, 3.63) is 58.7 Å². The zero-order valence-electron chi connectivity index (χ0n) is 14.1. The van der Waals surface area contributed by atoms with Crippen molar-refractivity contribution in [1.29, 1.82) is 0 Å². The molecule has 2 N–H and O–H groups in total. The van der Waals surface area contributed by atoms with E-state index in [0.717, 1.165) is 5.56 Å². The summed E-state index contributed by atoms with van der Waals surface area (Å²) >= 11 is 0. The van der Waals surface area contributed by atoms with Crippen molar-refractivity contribution in [1.82, 2.24) is 10.9 Å². The summed E-state index contributed by atoms with van der Waals surface area (Å²) in [5, 5.41) is 0. The van der Waals surface area contributed by atoms with Gasteiger partial charge >= 0.3 is 5.97 Å². The molecule has 0 saturated carbocycles. The molecule has 2 aromatic rings. The molecule has 0 radical (unpaired) electrons. The standard InChI is InChI=1S/C18H18N2O5/c1-10-4-6-11(7-5-10)16(21)19-20-17-12-8-9-13(23-2)15(24-3)14(12)18(22)25-17/h4-9,17,20H,1-3H3,(H,19,21)/t17-/m1/s1. The van der Waals surface area contributed by atoms with E-state index >= 15 is 0 Å². The first-order valence-corrected chi connectivity index (χ1v) is 7.63. The molecular weight excluding hydrogens is 324 g/mol. The van der Waals surface area contributed by atoms with Crippen molar-refractivity contribution in [2.75, 3.05) is 14.2 Å². The first kappa shape index (κ1) is 16.8. The van der Waals surface area contributed by atoms with Crippen molar-refractivity contribution in [3.63, 3.8) is 0 Å². The lowest BCUT2D eigenvalue weighted by Crippen LogP contribution is -2.40. The van der Waals surface area contributed by atoms with E-state index in [-0.39, 0.29) is 11.5 Å². The number of hydrogen-bond acceptors (Lipinski definition) is 6. The van der Waals surface area contributed by atoms with Crippen LogP contribution < -0.4 is 20.3 Å². The van der Waals surface area contributed by atoms with Crippen LogP contribution in [0.1, 0.15) is 38.1 Å². The Morgan fingerprint density at radius 3 is 2.44 bits per heavy atom. The van der Waals surface area contributed by atoms with Gasteiger partial charge in [0.2, 0.25) is 0 Å². The minimum Gasteiger partial charge on any atom is -0.493 e. The molecular formula is C18H18N2O5. The van der Waals surface area contributed by atoms with Crippen LogP contribution in [0.15, 0.2) is 36.4 Å². The molecule has 1 heterocycles. The summed E-state index contributed by atoms with van der Waals surface area (Å²) in [5.41, 5.74) is 7.68. The van der Waals surface area contributed by atoms with Crippen LogP contribution in [0.5, 0.6) is 11.5 Å². The number of hydrogen-bond donors (Lipinski definition) is 2. The molecule has 0 bridgehead atoms. The van der Waals surface area contributed by atoms with Gasteiger partial charge in [0.1, 0.15) is 5.56 Å². The van der Waals surface area contributed by atoms with Gasteiger partial charge in [0.25, 0.3) is 5.91 Å². The maximum absolute atomic E-state index is 12.2. The predicted molar refractivity (Wildman–Crippen MR) is 89.5 cm³/mol. The van der Waals surface area contributed by atoms with Crippen LogP contribution in [-0.4, -0.2) is 26.1 Å². The number of methoxy groups -OCH3 is 2. The molecule has 1 aliphatic rings. The number of benzene rings is 2. The largest absolute Gasteiger partial charge is 0.493 e. The summed E-state index contributed by atoms with van der Waals surface area (Å²) in [5.74, 6) is -0.139. The topological polar surface area (TPSA) is 85.9 Å². The molecule has 0 aliphatic carbocycles. The molecule has 7 heteroatoms. The van der Waals surface area contributed by atoms with Crippen molar-refractivity contribution < 1.29 is 23.8 Å². The lowest BCUT2D eigenvalue weighted by Gasteiger charge is -2.14. The van der Waals surface area contributed by atoms with Gasteiger partial charge in [-0.1, -0.05) is 17.7 Å². The van der Waals surface area contributed by atoms with E-state index < -0.39 is 12.2 Å². The number of hydrazine groups is 1. The number of fused-ring (bicyclic) bond motifs is 1. The van der Waals surface area contributed by atoms with E-state index in [1.807, 2.05) is 19.1 Å². The molecule has 0 saturated heterocycles. The lowest BCUT2D eigenvalue weighted by molar-refractivity contribution is 0.0260. The molecule has 2 aromatic carbocycles. The Balaban J connectivity index is 1.77. The number of rotatable bonds is 5. The molecule has 0 fully saturated rings. The van der Waals surface area contributed by atoms with Gasteiger partial charge in [-0.3, -0.25) is 10.2 Å². The highest BCUT2D eigenvalue weighted by Crippen LogP contribution is 2.40. The number of carbonyl (C=O) groups is 2. The zero-order chi connectivity index (χ0) is 18.0. The van der Waals surface area contributed by atoms with Crippen LogP contribution in [0.25, 0.3) is 0 Å². The fourth-order valence-electron chi connectivity index (χ4n) is 2.62. The van der Waals surface area contributed by atoms with Crippen LogP contribution in [0.4, 0.5) is 0 Å². The van der Waals surface area contributed by atoms with Gasteiger partial charge in [-0.25, -0.2) is 4.79 Å². The first-order chi connectivity index (χ1) is 12.0. The first-order valence-electron chi connectivity index (χ1n) is 7.63. The summed E-state index contributed by atoms with van der Waals surface area (Å²) in [7, 11) is 2.94. The highest BCUT2D eigenvalue weighted by atomic mass is 16.6. The maximum Gasteiger partial charge on any atom is 0.344 e. The molecule has 3 rings (SSSR count). The highest BCUT2D eigenvalue weighted by molar-refractivity contribution is 5.98. The van der Waals surface area contributed by atoms with Gasteiger partial charge in [-0.15, -0.1) is 0 Å². The predicted octanol–water partition coefficient (Wildman–Crippen LogP) is 2.12. The average Bonchev–Trinajstić information content (AvgIpc) is 2.95. The minimum atomic E-state index is -0.809. The summed E-state index contributed by atoms with van der Waals surface area (Å²) in [6.07, 6.45) is -0.809. The van der Waals surface area contributed by atoms with Gasteiger partial charge < -0.3 is 14.2 Å². The molecule has 130 valence electrons. The SMILES string of the molecule is COc1ccc2c(c1OC)C(=O)O[C@H]2NNC(=O)c1ccc(C)cc1. The molecule has 0 aromatic heterocycles. The van der Waals surface area contributed by atoms with Crippen LogP contribution in [0, 0.1) is 6.92 Å². The van der Waals surface area contributed by atoms with Crippen molar-refractivity contribution >= 4 is 11.9 Å². The minimum absolute atomic E-state index is 0.281. The Hall–Kier alpha value is -3.06. The van der Waals surface area contributed by atoms with Crippen LogP contribution >= 0.6 is 0 Å². The summed E-state index contributed by atoms with van der Waals surface area (Å²) in [6.45, 7) is 1.94. The second-order valence-corrected chi connectivity index (χ2v) is 5.52. The lowest BCUT2D eigenvalue weighted by atomic mass is 10.1. The zero-order valence-corrected chi connectivity index (χ0v) is 14.1. The summed E-state index contributed by atoms with van der Waals surface area (Å²) in [4.78, 5) is 24.3. The van der Waals surface area contributed by atoms with Crippen LogP contribution in [0.3, 0.4) is 0 Å². The fourth-order valence-corrected chi connectivity index (χ4v) is 2.62. The summed E-state index contributed by atoms with van der Waals surface area (Å²) in [6, 6.07) is 10.5. The number of ether oxygens (including phenoxy) is 3. The molecule has 1 aliphatic heterocycles. The highest BCUT2D eigenvalue weighted by Gasteiger charge is 2.36. The molecule has 1 amide bonds. The van der Waals surface area contributed by atoms with Gasteiger partial charge in [-0.05, 0) is 31.2 Å². The van der Waals surface area contributed by atoms with E-state index in [1.165, 1.54) is 14.2 Å². The Labute approximate surface area is 144 Å². The second kappa shape index (κ2) is 6.82. The quantitative estimate of drug-likeness (QED) is 0.639. The number of esters is 1. The molecule has 25 heavy (non-hydrogen) atoms. The van der Waals surface area contributed by atoms with Crippen molar-refractivity contribution in [2.45, 2.75) is 13.2 Å². The molecule has 0 spiro atoms. The Morgan fingerprint density at radius 1 is 1.08 bits per heavy atom. The number of amides is 1.